The molecule has 1 aliphatic heterocycles. The smallest absolute Gasteiger partial charge is 0.237 e. The highest BCUT2D eigenvalue weighted by Gasteiger charge is 2.26. The van der Waals surface area contributed by atoms with Crippen molar-refractivity contribution in [3.8, 4) is 5.75 Å². The normalized spacial score (nSPS) is 21.7. The highest BCUT2D eigenvalue weighted by atomic mass is 16.5. The molecular formula is C15H23N3O2. The second kappa shape index (κ2) is 7.26. The Balaban J connectivity index is 1.79. The lowest BCUT2D eigenvalue weighted by atomic mass is 10.1. The minimum absolute atomic E-state index is 0.0341. The van der Waals surface area contributed by atoms with Crippen LogP contribution in [0.25, 0.3) is 0 Å². The van der Waals surface area contributed by atoms with E-state index in [0.717, 1.165) is 17.7 Å². The van der Waals surface area contributed by atoms with E-state index in [1.165, 1.54) is 0 Å². The van der Waals surface area contributed by atoms with Crippen molar-refractivity contribution >= 4 is 5.91 Å². The number of hydrogen-bond donors (Lipinski definition) is 3. The molecule has 1 aliphatic rings. The largest absolute Gasteiger partial charge is 0.494 e. The number of carbonyl (C=O) groups excluding carboxylic acids is 1. The lowest BCUT2D eigenvalue weighted by Gasteiger charge is -2.13. The van der Waals surface area contributed by atoms with Gasteiger partial charge in [0.15, 0.2) is 0 Å². The lowest BCUT2D eigenvalue weighted by molar-refractivity contribution is -0.122. The van der Waals surface area contributed by atoms with Gasteiger partial charge in [0, 0.05) is 19.1 Å². The fourth-order valence-electron chi connectivity index (χ4n) is 2.41. The van der Waals surface area contributed by atoms with Gasteiger partial charge in [-0.3, -0.25) is 4.79 Å². The highest BCUT2D eigenvalue weighted by molar-refractivity contribution is 5.82. The van der Waals surface area contributed by atoms with E-state index >= 15 is 0 Å². The topological polar surface area (TPSA) is 76.4 Å². The van der Waals surface area contributed by atoms with Gasteiger partial charge in [0.05, 0.1) is 12.6 Å². The molecule has 0 bridgehead atoms. The molecule has 1 saturated heterocycles. The van der Waals surface area contributed by atoms with Gasteiger partial charge in [0.1, 0.15) is 5.75 Å². The van der Waals surface area contributed by atoms with Crippen LogP contribution >= 0.6 is 0 Å². The van der Waals surface area contributed by atoms with Gasteiger partial charge in [0.25, 0.3) is 0 Å². The summed E-state index contributed by atoms with van der Waals surface area (Å²) in [6, 6.07) is 7.87. The minimum atomic E-state index is -0.146. The fraction of sp³-hybridized carbons (Fsp3) is 0.533. The number of carbonyl (C=O) groups is 1. The summed E-state index contributed by atoms with van der Waals surface area (Å²) in [7, 11) is 0. The molecule has 1 heterocycles. The fourth-order valence-corrected chi connectivity index (χ4v) is 2.41. The van der Waals surface area contributed by atoms with E-state index in [1.807, 2.05) is 31.2 Å². The summed E-state index contributed by atoms with van der Waals surface area (Å²) in [5, 5.41) is 6.08. The SMILES string of the molecule is CCOc1ccccc1CCNC(=O)[C@@H]1C[C@@H](N)CN1. The predicted octanol–water partition coefficient (Wildman–Crippen LogP) is 0.433. The van der Waals surface area contributed by atoms with Gasteiger partial charge < -0.3 is 21.1 Å². The first kappa shape index (κ1) is 14.8. The lowest BCUT2D eigenvalue weighted by Crippen LogP contribution is -2.41. The summed E-state index contributed by atoms with van der Waals surface area (Å²) in [4.78, 5) is 11.9. The van der Waals surface area contributed by atoms with E-state index in [2.05, 4.69) is 10.6 Å². The number of hydrogen-bond acceptors (Lipinski definition) is 4. The maximum Gasteiger partial charge on any atom is 0.237 e. The van der Waals surface area contributed by atoms with Gasteiger partial charge in [0.2, 0.25) is 5.91 Å². The third kappa shape index (κ3) is 3.95. The Kier molecular flexibility index (Phi) is 5.38. The van der Waals surface area contributed by atoms with Crippen LogP contribution in [0, 0.1) is 0 Å². The van der Waals surface area contributed by atoms with Gasteiger partial charge in [-0.1, -0.05) is 18.2 Å². The van der Waals surface area contributed by atoms with Gasteiger partial charge in [-0.05, 0) is 31.4 Å². The van der Waals surface area contributed by atoms with Crippen molar-refractivity contribution in [2.45, 2.75) is 31.8 Å². The van der Waals surface area contributed by atoms with Crippen LogP contribution in [0.15, 0.2) is 24.3 Å². The average molecular weight is 277 g/mol. The van der Waals surface area contributed by atoms with Gasteiger partial charge >= 0.3 is 0 Å². The molecule has 0 aliphatic carbocycles. The molecule has 4 N–H and O–H groups in total. The second-order valence-electron chi connectivity index (χ2n) is 5.04. The number of nitrogens with two attached hydrogens (primary N) is 1. The van der Waals surface area contributed by atoms with Crippen molar-refractivity contribution in [2.75, 3.05) is 19.7 Å². The first-order valence-electron chi connectivity index (χ1n) is 7.18. The molecule has 2 rings (SSSR count). The Hall–Kier alpha value is -1.59. The van der Waals surface area contributed by atoms with Crippen molar-refractivity contribution < 1.29 is 9.53 Å². The Bertz CT molecular complexity index is 450. The van der Waals surface area contributed by atoms with Crippen LogP contribution in [0.3, 0.4) is 0 Å². The van der Waals surface area contributed by atoms with E-state index in [0.29, 0.717) is 26.1 Å². The molecule has 2 atom stereocenters. The molecule has 0 saturated carbocycles. The number of rotatable bonds is 6. The Labute approximate surface area is 119 Å². The standard InChI is InChI=1S/C15H23N3O2/c1-2-20-14-6-4-3-5-11(14)7-8-17-15(19)13-9-12(16)10-18-13/h3-6,12-13,18H,2,7-10,16H2,1H3,(H,17,19)/t12-,13+/m1/s1. The van der Waals surface area contributed by atoms with E-state index < -0.39 is 0 Å². The molecule has 1 aromatic carbocycles. The summed E-state index contributed by atoms with van der Waals surface area (Å²) in [6.07, 6.45) is 1.47. The van der Waals surface area contributed by atoms with E-state index in [-0.39, 0.29) is 18.0 Å². The molecule has 0 spiro atoms. The third-order valence-electron chi connectivity index (χ3n) is 3.45. The van der Waals surface area contributed by atoms with Crippen LogP contribution in [0.5, 0.6) is 5.75 Å². The van der Waals surface area contributed by atoms with Crippen LogP contribution in [-0.4, -0.2) is 37.7 Å². The molecule has 5 heteroatoms. The van der Waals surface area contributed by atoms with Crippen molar-refractivity contribution in [3.05, 3.63) is 29.8 Å². The molecule has 0 radical (unpaired) electrons. The van der Waals surface area contributed by atoms with Gasteiger partial charge in [-0.25, -0.2) is 0 Å². The van der Waals surface area contributed by atoms with Crippen LogP contribution < -0.4 is 21.1 Å². The summed E-state index contributed by atoms with van der Waals surface area (Å²) in [5.74, 6) is 0.928. The number of ether oxygens (including phenoxy) is 1. The molecular weight excluding hydrogens is 254 g/mol. The number of amides is 1. The molecule has 0 aromatic heterocycles. The summed E-state index contributed by atoms with van der Waals surface area (Å²) >= 11 is 0. The zero-order valence-electron chi connectivity index (χ0n) is 11.9. The molecule has 20 heavy (non-hydrogen) atoms. The van der Waals surface area contributed by atoms with E-state index in [4.69, 9.17) is 10.5 Å². The Morgan fingerprint density at radius 2 is 2.30 bits per heavy atom. The quantitative estimate of drug-likeness (QED) is 0.705. The summed E-state index contributed by atoms with van der Waals surface area (Å²) < 4.78 is 5.57. The maximum atomic E-state index is 11.9. The number of para-hydroxylation sites is 1. The first-order valence-corrected chi connectivity index (χ1v) is 7.18. The predicted molar refractivity (Wildman–Crippen MR) is 78.7 cm³/mol. The van der Waals surface area contributed by atoms with E-state index in [9.17, 15) is 4.79 Å². The second-order valence-corrected chi connectivity index (χ2v) is 5.04. The van der Waals surface area contributed by atoms with Crippen molar-refractivity contribution in [1.29, 1.82) is 0 Å². The molecule has 1 fully saturated rings. The molecule has 1 aromatic rings. The highest BCUT2D eigenvalue weighted by Crippen LogP contribution is 2.18. The monoisotopic (exact) mass is 277 g/mol. The van der Waals surface area contributed by atoms with Crippen molar-refractivity contribution in [3.63, 3.8) is 0 Å². The average Bonchev–Trinajstić information content (AvgIpc) is 2.88. The molecule has 110 valence electrons. The third-order valence-corrected chi connectivity index (χ3v) is 3.45. The zero-order chi connectivity index (χ0) is 14.4. The maximum absolute atomic E-state index is 11.9. The zero-order valence-corrected chi connectivity index (χ0v) is 11.9. The number of nitrogens with one attached hydrogen (secondary N) is 2. The molecule has 0 unspecified atom stereocenters. The van der Waals surface area contributed by atoms with Crippen LogP contribution in [0.4, 0.5) is 0 Å². The Morgan fingerprint density at radius 1 is 1.50 bits per heavy atom. The van der Waals surface area contributed by atoms with Crippen molar-refractivity contribution in [1.82, 2.24) is 10.6 Å². The number of benzene rings is 1. The first-order chi connectivity index (χ1) is 9.70. The van der Waals surface area contributed by atoms with Crippen molar-refractivity contribution in [2.24, 2.45) is 5.73 Å². The summed E-state index contributed by atoms with van der Waals surface area (Å²) in [5.41, 5.74) is 6.89. The Morgan fingerprint density at radius 3 is 3.00 bits per heavy atom. The molecule has 5 nitrogen and oxygen atoms in total. The van der Waals surface area contributed by atoms with Crippen LogP contribution in [0.2, 0.25) is 0 Å². The van der Waals surface area contributed by atoms with Gasteiger partial charge in [-0.2, -0.15) is 0 Å². The van der Waals surface area contributed by atoms with Gasteiger partial charge in [-0.15, -0.1) is 0 Å². The van der Waals surface area contributed by atoms with E-state index in [1.54, 1.807) is 0 Å². The van der Waals surface area contributed by atoms with Crippen LogP contribution in [0.1, 0.15) is 18.9 Å². The van der Waals surface area contributed by atoms with Crippen LogP contribution in [-0.2, 0) is 11.2 Å². The molecule has 1 amide bonds. The minimum Gasteiger partial charge on any atom is -0.494 e. The summed E-state index contributed by atoms with van der Waals surface area (Å²) in [6.45, 7) is 3.93.